The predicted octanol–water partition coefficient (Wildman–Crippen LogP) is 2.17. The van der Waals surface area contributed by atoms with E-state index < -0.39 is 0 Å². The highest BCUT2D eigenvalue weighted by Crippen LogP contribution is 2.25. The van der Waals surface area contributed by atoms with Crippen molar-refractivity contribution in [3.8, 4) is 0 Å². The summed E-state index contributed by atoms with van der Waals surface area (Å²) in [6.07, 6.45) is 2.64. The second-order valence-corrected chi connectivity index (χ2v) is 3.85. The van der Waals surface area contributed by atoms with Crippen molar-refractivity contribution < 1.29 is 4.79 Å². The SMILES string of the molecule is CC(C)C1=CCC(=O)N1C(C)C. The molecule has 1 aliphatic heterocycles. The second kappa shape index (κ2) is 3.30. The van der Waals surface area contributed by atoms with Crippen LogP contribution in [0.15, 0.2) is 11.8 Å². The van der Waals surface area contributed by atoms with Crippen molar-refractivity contribution in [2.45, 2.75) is 40.2 Å². The third kappa shape index (κ3) is 1.52. The molecule has 0 aromatic heterocycles. The minimum atomic E-state index is 0.244. The molecule has 0 saturated carbocycles. The molecule has 2 nitrogen and oxygen atoms in total. The molecule has 0 radical (unpaired) electrons. The molecule has 12 heavy (non-hydrogen) atoms. The molecule has 0 fully saturated rings. The van der Waals surface area contributed by atoms with E-state index in [9.17, 15) is 4.79 Å². The zero-order valence-corrected chi connectivity index (χ0v) is 8.29. The van der Waals surface area contributed by atoms with E-state index in [2.05, 4.69) is 27.7 Å². The first-order valence-electron chi connectivity index (χ1n) is 4.56. The maximum Gasteiger partial charge on any atom is 0.230 e. The molecular weight excluding hydrogens is 150 g/mol. The molecule has 0 unspecified atom stereocenters. The average molecular weight is 167 g/mol. The van der Waals surface area contributed by atoms with Gasteiger partial charge < -0.3 is 4.90 Å². The molecule has 68 valence electrons. The van der Waals surface area contributed by atoms with Gasteiger partial charge in [0.1, 0.15) is 0 Å². The van der Waals surface area contributed by atoms with Gasteiger partial charge in [-0.3, -0.25) is 4.79 Å². The lowest BCUT2D eigenvalue weighted by atomic mass is 10.1. The number of amides is 1. The minimum Gasteiger partial charge on any atom is -0.313 e. The highest BCUT2D eigenvalue weighted by atomic mass is 16.2. The second-order valence-electron chi connectivity index (χ2n) is 3.85. The van der Waals surface area contributed by atoms with E-state index in [-0.39, 0.29) is 5.91 Å². The van der Waals surface area contributed by atoms with Crippen LogP contribution >= 0.6 is 0 Å². The van der Waals surface area contributed by atoms with Crippen LogP contribution in [0.3, 0.4) is 0 Å². The van der Waals surface area contributed by atoms with Gasteiger partial charge in [0.15, 0.2) is 0 Å². The summed E-state index contributed by atoms with van der Waals surface area (Å²) in [5.41, 5.74) is 1.19. The third-order valence-electron chi connectivity index (χ3n) is 2.14. The molecule has 0 aromatic rings. The van der Waals surface area contributed by atoms with Gasteiger partial charge in [0.2, 0.25) is 5.91 Å². The Morgan fingerprint density at radius 2 is 1.92 bits per heavy atom. The van der Waals surface area contributed by atoms with Crippen molar-refractivity contribution in [2.75, 3.05) is 0 Å². The molecular formula is C10H17NO. The first-order valence-corrected chi connectivity index (χ1v) is 4.56. The van der Waals surface area contributed by atoms with Crippen LogP contribution in [-0.4, -0.2) is 16.8 Å². The van der Waals surface area contributed by atoms with Crippen molar-refractivity contribution in [1.82, 2.24) is 4.90 Å². The Morgan fingerprint density at radius 1 is 1.33 bits per heavy atom. The van der Waals surface area contributed by atoms with Crippen molar-refractivity contribution >= 4 is 5.91 Å². The van der Waals surface area contributed by atoms with Crippen molar-refractivity contribution in [2.24, 2.45) is 5.92 Å². The van der Waals surface area contributed by atoms with Gasteiger partial charge in [0.25, 0.3) is 0 Å². The van der Waals surface area contributed by atoms with Crippen molar-refractivity contribution in [3.05, 3.63) is 11.8 Å². The Bertz CT molecular complexity index is 216. The van der Waals surface area contributed by atoms with Crippen LogP contribution in [0, 0.1) is 5.92 Å². The number of hydrogen-bond acceptors (Lipinski definition) is 1. The zero-order chi connectivity index (χ0) is 9.30. The van der Waals surface area contributed by atoms with Gasteiger partial charge >= 0.3 is 0 Å². The van der Waals surface area contributed by atoms with Crippen LogP contribution < -0.4 is 0 Å². The Hall–Kier alpha value is -0.790. The lowest BCUT2D eigenvalue weighted by Gasteiger charge is -2.26. The van der Waals surface area contributed by atoms with Crippen LogP contribution in [0.1, 0.15) is 34.1 Å². The summed E-state index contributed by atoms with van der Waals surface area (Å²) in [5, 5.41) is 0. The van der Waals surface area contributed by atoms with Gasteiger partial charge in [-0.1, -0.05) is 19.9 Å². The van der Waals surface area contributed by atoms with Crippen molar-refractivity contribution in [3.63, 3.8) is 0 Å². The molecule has 1 aliphatic rings. The highest BCUT2D eigenvalue weighted by molar-refractivity contribution is 5.83. The van der Waals surface area contributed by atoms with E-state index in [0.717, 1.165) is 0 Å². The summed E-state index contributed by atoms with van der Waals surface area (Å²) in [6, 6.07) is 0.300. The molecule has 1 heterocycles. The fourth-order valence-electron chi connectivity index (χ4n) is 1.63. The molecule has 2 heteroatoms. The van der Waals surface area contributed by atoms with Gasteiger partial charge in [-0.2, -0.15) is 0 Å². The zero-order valence-electron chi connectivity index (χ0n) is 8.29. The lowest BCUT2D eigenvalue weighted by Crippen LogP contribution is -2.33. The van der Waals surface area contributed by atoms with Gasteiger partial charge in [0, 0.05) is 18.2 Å². The number of allylic oxidation sites excluding steroid dienone is 1. The Labute approximate surface area is 74.2 Å². The predicted molar refractivity (Wildman–Crippen MR) is 49.5 cm³/mol. The van der Waals surface area contributed by atoms with E-state index in [1.807, 2.05) is 11.0 Å². The number of carbonyl (C=O) groups is 1. The van der Waals surface area contributed by atoms with E-state index in [4.69, 9.17) is 0 Å². The summed E-state index contributed by atoms with van der Waals surface area (Å²) in [5.74, 6) is 0.701. The van der Waals surface area contributed by atoms with E-state index >= 15 is 0 Å². The topological polar surface area (TPSA) is 20.3 Å². The van der Waals surface area contributed by atoms with E-state index in [0.29, 0.717) is 18.4 Å². The molecule has 1 rings (SSSR count). The van der Waals surface area contributed by atoms with Gasteiger partial charge in [-0.05, 0) is 19.8 Å². The fourth-order valence-corrected chi connectivity index (χ4v) is 1.63. The Balaban J connectivity index is 2.81. The molecule has 0 bridgehead atoms. The first-order chi connectivity index (χ1) is 5.54. The number of nitrogens with zero attached hydrogens (tertiary/aromatic N) is 1. The summed E-state index contributed by atoms with van der Waals surface area (Å²) >= 11 is 0. The summed E-state index contributed by atoms with van der Waals surface area (Å²) in [6.45, 7) is 8.36. The molecule has 1 amide bonds. The maximum absolute atomic E-state index is 11.4. The maximum atomic E-state index is 11.4. The summed E-state index contributed by atoms with van der Waals surface area (Å²) in [7, 11) is 0. The van der Waals surface area contributed by atoms with Gasteiger partial charge in [-0.15, -0.1) is 0 Å². The molecule has 0 atom stereocenters. The first kappa shape index (κ1) is 9.30. The molecule has 0 aliphatic carbocycles. The molecule has 0 N–H and O–H groups in total. The van der Waals surface area contributed by atoms with Gasteiger partial charge in [0.05, 0.1) is 0 Å². The molecule has 0 aromatic carbocycles. The minimum absolute atomic E-state index is 0.244. The number of carbonyl (C=O) groups excluding carboxylic acids is 1. The van der Waals surface area contributed by atoms with Crippen LogP contribution in [0.25, 0.3) is 0 Å². The number of hydrogen-bond donors (Lipinski definition) is 0. The Morgan fingerprint density at radius 3 is 2.25 bits per heavy atom. The number of rotatable bonds is 2. The van der Waals surface area contributed by atoms with Crippen LogP contribution in [-0.2, 0) is 4.79 Å². The van der Waals surface area contributed by atoms with Crippen LogP contribution in [0.5, 0.6) is 0 Å². The summed E-state index contributed by atoms with van der Waals surface area (Å²) < 4.78 is 0. The Kier molecular flexibility index (Phi) is 2.55. The van der Waals surface area contributed by atoms with Crippen LogP contribution in [0.2, 0.25) is 0 Å². The average Bonchev–Trinajstić information content (AvgIpc) is 2.30. The smallest absolute Gasteiger partial charge is 0.230 e. The quantitative estimate of drug-likeness (QED) is 0.617. The van der Waals surface area contributed by atoms with Crippen molar-refractivity contribution in [1.29, 1.82) is 0 Å². The monoisotopic (exact) mass is 167 g/mol. The highest BCUT2D eigenvalue weighted by Gasteiger charge is 2.26. The molecule has 0 saturated heterocycles. The summed E-state index contributed by atoms with van der Waals surface area (Å²) in [4.78, 5) is 13.3. The lowest BCUT2D eigenvalue weighted by molar-refractivity contribution is -0.128. The largest absolute Gasteiger partial charge is 0.313 e. The fraction of sp³-hybridized carbons (Fsp3) is 0.700. The van der Waals surface area contributed by atoms with Gasteiger partial charge in [-0.25, -0.2) is 0 Å². The van der Waals surface area contributed by atoms with E-state index in [1.165, 1.54) is 5.70 Å². The normalized spacial score (nSPS) is 18.0. The molecule has 0 spiro atoms. The van der Waals surface area contributed by atoms with E-state index in [1.54, 1.807) is 0 Å². The standard InChI is InChI=1S/C10H17NO/c1-7(2)9-5-6-10(12)11(9)8(3)4/h5,7-8H,6H2,1-4H3. The third-order valence-corrected chi connectivity index (χ3v) is 2.14. The van der Waals surface area contributed by atoms with Crippen LogP contribution in [0.4, 0.5) is 0 Å².